The van der Waals surface area contributed by atoms with E-state index in [9.17, 15) is 5.11 Å². The monoisotopic (exact) mass is 712 g/mol. The second-order valence-corrected chi connectivity index (χ2v) is 14.5. The molecule has 3 aromatic carbocycles. The third kappa shape index (κ3) is 7.42. The molecule has 274 valence electrons. The summed E-state index contributed by atoms with van der Waals surface area (Å²) in [5.74, 6) is 3.86. The maximum Gasteiger partial charge on any atom is 0.222 e. The van der Waals surface area contributed by atoms with E-state index >= 15 is 0 Å². The zero-order chi connectivity index (χ0) is 36.5. The van der Waals surface area contributed by atoms with Crippen molar-refractivity contribution in [1.29, 1.82) is 0 Å². The highest BCUT2D eigenvalue weighted by Gasteiger charge is 2.28. The van der Waals surface area contributed by atoms with E-state index < -0.39 is 0 Å². The lowest BCUT2D eigenvalue weighted by Gasteiger charge is -2.35. The Kier molecular flexibility index (Phi) is 9.72. The van der Waals surface area contributed by atoms with Crippen LogP contribution >= 0.6 is 0 Å². The Morgan fingerprint density at radius 1 is 0.604 bits per heavy atom. The first kappa shape index (κ1) is 34.6. The highest BCUT2D eigenvalue weighted by atomic mass is 16.5. The SMILES string of the molecule is CN1CCN(c2nc(N)nc3c2CCc2cc(O)ccc2-3)CC1.CN1CCN(c2nc(N)nc3c2CCc2cc(OCc4ccccc4)ccc2-3)CC1. The highest BCUT2D eigenvalue weighted by Crippen LogP contribution is 2.40. The van der Waals surface area contributed by atoms with Crippen molar-refractivity contribution >= 4 is 23.5 Å². The number of ether oxygens (including phenoxy) is 1. The lowest BCUT2D eigenvalue weighted by atomic mass is 9.88. The molecule has 4 heterocycles. The summed E-state index contributed by atoms with van der Waals surface area (Å²) in [6, 6.07) is 22.0. The van der Waals surface area contributed by atoms with Crippen molar-refractivity contribution in [3.63, 3.8) is 0 Å². The van der Waals surface area contributed by atoms with Gasteiger partial charge in [0.1, 0.15) is 29.7 Å². The van der Waals surface area contributed by atoms with Gasteiger partial charge in [0.2, 0.25) is 11.9 Å². The molecule has 12 heteroatoms. The molecule has 0 spiro atoms. The van der Waals surface area contributed by atoms with Crippen LogP contribution in [-0.2, 0) is 32.3 Å². The van der Waals surface area contributed by atoms with Crippen LogP contribution in [0.2, 0.25) is 0 Å². The minimum atomic E-state index is 0.300. The van der Waals surface area contributed by atoms with Gasteiger partial charge in [-0.2, -0.15) is 9.97 Å². The van der Waals surface area contributed by atoms with Crippen molar-refractivity contribution in [2.75, 3.05) is 87.7 Å². The minimum Gasteiger partial charge on any atom is -0.508 e. The van der Waals surface area contributed by atoms with Crippen LogP contribution in [-0.4, -0.2) is 101 Å². The van der Waals surface area contributed by atoms with Crippen LogP contribution in [0.5, 0.6) is 11.5 Å². The molecule has 0 radical (unpaired) electrons. The van der Waals surface area contributed by atoms with Gasteiger partial charge in [0, 0.05) is 74.6 Å². The van der Waals surface area contributed by atoms with Gasteiger partial charge in [-0.15, -0.1) is 0 Å². The molecule has 4 aliphatic rings. The number of hydrogen-bond acceptors (Lipinski definition) is 12. The number of fused-ring (bicyclic) bond motifs is 6. The van der Waals surface area contributed by atoms with Crippen LogP contribution in [0.4, 0.5) is 23.5 Å². The second-order valence-electron chi connectivity index (χ2n) is 14.5. The Balaban J connectivity index is 0.000000156. The van der Waals surface area contributed by atoms with Crippen LogP contribution in [0, 0.1) is 0 Å². The van der Waals surface area contributed by atoms with Crippen LogP contribution in [0.1, 0.15) is 27.8 Å². The third-order valence-electron chi connectivity index (χ3n) is 10.8. The number of phenolic OH excluding ortho intramolecular Hbond substituents is 1. The normalized spacial score (nSPS) is 16.8. The molecule has 2 fully saturated rings. The molecule has 5 aromatic rings. The third-order valence-corrected chi connectivity index (χ3v) is 10.8. The summed E-state index contributed by atoms with van der Waals surface area (Å²) in [6.45, 7) is 8.57. The molecule has 53 heavy (non-hydrogen) atoms. The van der Waals surface area contributed by atoms with Gasteiger partial charge in [-0.25, -0.2) is 9.97 Å². The Bertz CT molecular complexity index is 2090. The second kappa shape index (κ2) is 14.9. The Morgan fingerprint density at radius 3 is 1.66 bits per heavy atom. The van der Waals surface area contributed by atoms with Crippen LogP contribution in [0.15, 0.2) is 66.7 Å². The van der Waals surface area contributed by atoms with Crippen molar-refractivity contribution in [3.8, 4) is 34.0 Å². The fourth-order valence-corrected chi connectivity index (χ4v) is 7.82. The summed E-state index contributed by atoms with van der Waals surface area (Å²) in [4.78, 5) is 27.7. The summed E-state index contributed by atoms with van der Waals surface area (Å²) in [5, 5.41) is 9.70. The number of benzene rings is 3. The standard InChI is InChI=1S/C24H27N5O.C17H21N5O/c1-28-11-13-29(14-12-28)23-21-9-7-18-15-19(30-16-17-5-3-2-4-6-17)8-10-20(18)22(21)26-24(25)27-23;1-21-6-8-22(9-7-21)16-14-4-2-11-10-12(23)3-5-13(11)15(14)19-17(18)20-16/h2-6,8,10,15H,7,9,11-14,16H2,1H3,(H2,25,26,27);3,5,10,23H,2,4,6-9H2,1H3,(H2,18,19,20). The number of nitrogens with zero attached hydrogens (tertiary/aromatic N) is 8. The van der Waals surface area contributed by atoms with Gasteiger partial charge < -0.3 is 40.9 Å². The van der Waals surface area contributed by atoms with E-state index in [2.05, 4.69) is 77.9 Å². The predicted octanol–water partition coefficient (Wildman–Crippen LogP) is 4.44. The topological polar surface area (TPSA) is 146 Å². The van der Waals surface area contributed by atoms with Crippen LogP contribution in [0.3, 0.4) is 0 Å². The molecule has 0 atom stereocenters. The highest BCUT2D eigenvalue weighted by molar-refractivity contribution is 5.77. The van der Waals surface area contributed by atoms with E-state index in [1.165, 1.54) is 16.7 Å². The molecule has 0 unspecified atom stereocenters. The number of nitrogen functional groups attached to an aromatic ring is 2. The molecule has 0 bridgehead atoms. The summed E-state index contributed by atoms with van der Waals surface area (Å²) >= 11 is 0. The van der Waals surface area contributed by atoms with E-state index in [1.54, 1.807) is 6.07 Å². The van der Waals surface area contributed by atoms with Gasteiger partial charge in [0.15, 0.2) is 0 Å². The number of aromatic nitrogens is 4. The van der Waals surface area contributed by atoms with Gasteiger partial charge in [-0.3, -0.25) is 0 Å². The molecule has 9 rings (SSSR count). The zero-order valence-corrected chi connectivity index (χ0v) is 30.6. The van der Waals surface area contributed by atoms with E-state index in [4.69, 9.17) is 16.2 Å². The number of hydrogen-bond donors (Lipinski definition) is 3. The summed E-state index contributed by atoms with van der Waals surface area (Å²) in [7, 11) is 4.30. The quantitative estimate of drug-likeness (QED) is 0.237. The summed E-state index contributed by atoms with van der Waals surface area (Å²) in [6.07, 6.45) is 3.66. The Labute approximate surface area is 311 Å². The lowest BCUT2D eigenvalue weighted by molar-refractivity contribution is 0.306. The first-order chi connectivity index (χ1) is 25.8. The molecule has 0 saturated carbocycles. The summed E-state index contributed by atoms with van der Waals surface area (Å²) < 4.78 is 6.03. The van der Waals surface area contributed by atoms with Crippen molar-refractivity contribution in [2.24, 2.45) is 0 Å². The molecule has 12 nitrogen and oxygen atoms in total. The Hall–Kier alpha value is -5.46. The zero-order valence-electron chi connectivity index (χ0n) is 30.6. The molecular formula is C41H48N10O2. The average Bonchev–Trinajstić information content (AvgIpc) is 3.17. The largest absolute Gasteiger partial charge is 0.508 e. The van der Waals surface area contributed by atoms with Crippen molar-refractivity contribution < 1.29 is 9.84 Å². The first-order valence-corrected chi connectivity index (χ1v) is 18.6. The fraction of sp³-hybridized carbons (Fsp3) is 0.366. The summed E-state index contributed by atoms with van der Waals surface area (Å²) in [5.41, 5.74) is 22.2. The van der Waals surface area contributed by atoms with Gasteiger partial charge in [0.25, 0.3) is 0 Å². The van der Waals surface area contributed by atoms with E-state index in [1.807, 2.05) is 36.4 Å². The maximum atomic E-state index is 9.70. The minimum absolute atomic E-state index is 0.300. The van der Waals surface area contributed by atoms with Crippen LogP contribution < -0.4 is 26.0 Å². The van der Waals surface area contributed by atoms with Crippen LogP contribution in [0.25, 0.3) is 22.5 Å². The molecular weight excluding hydrogens is 665 g/mol. The van der Waals surface area contributed by atoms with Crippen molar-refractivity contribution in [3.05, 3.63) is 94.5 Å². The number of nitrogens with two attached hydrogens (primary N) is 2. The van der Waals surface area contributed by atoms with Crippen molar-refractivity contribution in [2.45, 2.75) is 32.3 Å². The molecule has 2 aromatic heterocycles. The first-order valence-electron chi connectivity index (χ1n) is 18.6. The lowest BCUT2D eigenvalue weighted by Crippen LogP contribution is -2.45. The van der Waals surface area contributed by atoms with E-state index in [0.29, 0.717) is 24.3 Å². The number of phenols is 1. The fourth-order valence-electron chi connectivity index (χ4n) is 7.82. The number of anilines is 4. The predicted molar refractivity (Wildman–Crippen MR) is 210 cm³/mol. The average molecular weight is 713 g/mol. The van der Waals surface area contributed by atoms with E-state index in [-0.39, 0.29) is 0 Å². The molecule has 2 aliphatic carbocycles. The van der Waals surface area contributed by atoms with Gasteiger partial charge >= 0.3 is 0 Å². The number of aryl methyl sites for hydroxylation is 2. The van der Waals surface area contributed by atoms with Crippen molar-refractivity contribution in [1.82, 2.24) is 29.7 Å². The molecule has 0 amide bonds. The van der Waals surface area contributed by atoms with Gasteiger partial charge in [-0.1, -0.05) is 30.3 Å². The number of likely N-dealkylation sites (N-methyl/N-ethyl adjacent to an activating group) is 2. The molecule has 2 saturated heterocycles. The maximum absolute atomic E-state index is 9.70. The smallest absolute Gasteiger partial charge is 0.222 e. The van der Waals surface area contributed by atoms with E-state index in [0.717, 1.165) is 129 Å². The number of piperazine rings is 2. The number of rotatable bonds is 5. The molecule has 5 N–H and O–H groups in total. The van der Waals surface area contributed by atoms with Gasteiger partial charge in [-0.05, 0) is 92.9 Å². The Morgan fingerprint density at radius 2 is 1.11 bits per heavy atom. The van der Waals surface area contributed by atoms with Gasteiger partial charge in [0.05, 0.1) is 11.4 Å². The molecule has 2 aliphatic heterocycles. The number of aromatic hydroxyl groups is 1.